The molecule has 0 saturated heterocycles. The lowest BCUT2D eigenvalue weighted by Gasteiger charge is -2.24. The van der Waals surface area contributed by atoms with Crippen LogP contribution in [0, 0.1) is 5.92 Å². The molecule has 52 valence electrons. The molecule has 1 aliphatic carbocycles. The van der Waals surface area contributed by atoms with E-state index in [1.54, 1.807) is 0 Å². The van der Waals surface area contributed by atoms with Crippen LogP contribution in [0.25, 0.3) is 0 Å². The van der Waals surface area contributed by atoms with Crippen molar-refractivity contribution in [3.05, 3.63) is 0 Å². The Morgan fingerprint density at radius 1 is 1.56 bits per heavy atom. The highest BCUT2D eigenvalue weighted by molar-refractivity contribution is 5.66. The van der Waals surface area contributed by atoms with E-state index >= 15 is 0 Å². The van der Waals surface area contributed by atoms with E-state index in [4.69, 9.17) is 5.11 Å². The maximum absolute atomic E-state index is 10.0. The van der Waals surface area contributed by atoms with Crippen LogP contribution in [0.5, 0.6) is 0 Å². The molecule has 0 bridgehead atoms. The first-order chi connectivity index (χ1) is 4.29. The predicted molar refractivity (Wildman–Crippen MR) is 34.2 cm³/mol. The van der Waals surface area contributed by atoms with Crippen molar-refractivity contribution >= 4 is 5.97 Å². The van der Waals surface area contributed by atoms with Gasteiger partial charge in [-0.3, -0.25) is 4.79 Å². The lowest BCUT2D eigenvalue weighted by Crippen LogP contribution is -2.12. The molecule has 0 unspecified atom stereocenters. The second-order valence-corrected chi connectivity index (χ2v) is 2.73. The zero-order valence-corrected chi connectivity index (χ0v) is 5.47. The summed E-state index contributed by atoms with van der Waals surface area (Å²) in [6.45, 7) is 0. The molecule has 2 nitrogen and oxygen atoms in total. The molecule has 0 aromatic rings. The Morgan fingerprint density at radius 3 is 2.56 bits per heavy atom. The third-order valence-corrected chi connectivity index (χ3v) is 1.99. The van der Waals surface area contributed by atoms with Gasteiger partial charge in [0.15, 0.2) is 0 Å². The summed E-state index contributed by atoms with van der Waals surface area (Å²) < 4.78 is 0. The summed E-state index contributed by atoms with van der Waals surface area (Å²) in [5, 5.41) is 8.28. The SMILES string of the molecule is O=C(O)CCC1CCC1. The van der Waals surface area contributed by atoms with Gasteiger partial charge in [-0.05, 0) is 12.3 Å². The highest BCUT2D eigenvalue weighted by atomic mass is 16.4. The maximum atomic E-state index is 10.0. The molecule has 0 aromatic carbocycles. The summed E-state index contributed by atoms with van der Waals surface area (Å²) in [7, 11) is 0. The van der Waals surface area contributed by atoms with Crippen molar-refractivity contribution in [1.82, 2.24) is 0 Å². The summed E-state index contributed by atoms with van der Waals surface area (Å²) >= 11 is 0. The van der Waals surface area contributed by atoms with Gasteiger partial charge in [0.1, 0.15) is 0 Å². The average molecular weight is 128 g/mol. The third-order valence-electron chi connectivity index (χ3n) is 1.99. The molecule has 1 N–H and O–H groups in total. The first-order valence-corrected chi connectivity index (χ1v) is 3.51. The second kappa shape index (κ2) is 2.85. The summed E-state index contributed by atoms with van der Waals surface area (Å²) in [5.41, 5.74) is 0. The Morgan fingerprint density at radius 2 is 2.22 bits per heavy atom. The summed E-state index contributed by atoms with van der Waals surface area (Å²) in [4.78, 5) is 10.0. The highest BCUT2D eigenvalue weighted by Gasteiger charge is 2.17. The van der Waals surface area contributed by atoms with Gasteiger partial charge in [0.05, 0.1) is 0 Å². The third kappa shape index (κ3) is 2.04. The standard InChI is InChI=1S/C7H12O2/c8-7(9)5-4-6-2-1-3-6/h6H,1-5H2,(H,8,9). The fraction of sp³-hybridized carbons (Fsp3) is 0.857. The van der Waals surface area contributed by atoms with Gasteiger partial charge in [-0.1, -0.05) is 19.3 Å². The van der Waals surface area contributed by atoms with Crippen LogP contribution in [0.3, 0.4) is 0 Å². The number of hydrogen-bond donors (Lipinski definition) is 1. The van der Waals surface area contributed by atoms with Gasteiger partial charge in [0.25, 0.3) is 0 Å². The molecule has 2 heteroatoms. The number of rotatable bonds is 3. The molecule has 0 atom stereocenters. The number of carboxylic acids is 1. The Hall–Kier alpha value is -0.530. The summed E-state index contributed by atoms with van der Waals surface area (Å²) in [6.07, 6.45) is 5.09. The van der Waals surface area contributed by atoms with Crippen LogP contribution in [0.15, 0.2) is 0 Å². The average Bonchev–Trinajstić information content (AvgIpc) is 1.60. The molecular formula is C7H12O2. The van der Waals surface area contributed by atoms with E-state index in [0.29, 0.717) is 6.42 Å². The Labute approximate surface area is 54.9 Å². The van der Waals surface area contributed by atoms with E-state index in [1.165, 1.54) is 19.3 Å². The van der Waals surface area contributed by atoms with Gasteiger partial charge in [-0.15, -0.1) is 0 Å². The van der Waals surface area contributed by atoms with Crippen LogP contribution in [0.1, 0.15) is 32.1 Å². The van der Waals surface area contributed by atoms with Crippen molar-refractivity contribution in [2.24, 2.45) is 5.92 Å². The van der Waals surface area contributed by atoms with E-state index in [-0.39, 0.29) is 0 Å². The topological polar surface area (TPSA) is 37.3 Å². The van der Waals surface area contributed by atoms with Crippen LogP contribution < -0.4 is 0 Å². The van der Waals surface area contributed by atoms with Crippen LogP contribution in [-0.4, -0.2) is 11.1 Å². The molecule has 0 aromatic heterocycles. The van der Waals surface area contributed by atoms with Crippen molar-refractivity contribution in [1.29, 1.82) is 0 Å². The Kier molecular flexibility index (Phi) is 2.09. The van der Waals surface area contributed by atoms with Gasteiger partial charge in [-0.2, -0.15) is 0 Å². The quantitative estimate of drug-likeness (QED) is 0.627. The van der Waals surface area contributed by atoms with E-state index in [1.807, 2.05) is 0 Å². The Balaban J connectivity index is 1.97. The zero-order chi connectivity index (χ0) is 6.69. The van der Waals surface area contributed by atoms with Crippen LogP contribution in [0.4, 0.5) is 0 Å². The minimum atomic E-state index is -0.651. The van der Waals surface area contributed by atoms with Crippen LogP contribution in [0.2, 0.25) is 0 Å². The summed E-state index contributed by atoms with van der Waals surface area (Å²) in [5.74, 6) is 0.0861. The zero-order valence-electron chi connectivity index (χ0n) is 5.47. The molecule has 0 aliphatic heterocycles. The molecule has 0 heterocycles. The summed E-state index contributed by atoms with van der Waals surface area (Å²) in [6, 6.07) is 0. The van der Waals surface area contributed by atoms with Gasteiger partial charge in [0, 0.05) is 6.42 Å². The number of aliphatic carboxylic acids is 1. The predicted octanol–water partition coefficient (Wildman–Crippen LogP) is 1.65. The van der Waals surface area contributed by atoms with Gasteiger partial charge in [0.2, 0.25) is 0 Å². The van der Waals surface area contributed by atoms with E-state index < -0.39 is 5.97 Å². The van der Waals surface area contributed by atoms with E-state index in [0.717, 1.165) is 12.3 Å². The first-order valence-electron chi connectivity index (χ1n) is 3.51. The van der Waals surface area contributed by atoms with Crippen molar-refractivity contribution in [2.75, 3.05) is 0 Å². The van der Waals surface area contributed by atoms with Crippen molar-refractivity contribution in [3.8, 4) is 0 Å². The minimum Gasteiger partial charge on any atom is -0.481 e. The van der Waals surface area contributed by atoms with Crippen molar-refractivity contribution < 1.29 is 9.90 Å². The van der Waals surface area contributed by atoms with Crippen molar-refractivity contribution in [3.63, 3.8) is 0 Å². The molecule has 0 radical (unpaired) electrons. The molecule has 1 fully saturated rings. The van der Waals surface area contributed by atoms with Crippen LogP contribution in [-0.2, 0) is 4.79 Å². The number of carbonyl (C=O) groups is 1. The molecule has 1 aliphatic rings. The fourth-order valence-electron chi connectivity index (χ4n) is 1.11. The van der Waals surface area contributed by atoms with Gasteiger partial charge >= 0.3 is 5.97 Å². The largest absolute Gasteiger partial charge is 0.481 e. The fourth-order valence-corrected chi connectivity index (χ4v) is 1.11. The highest BCUT2D eigenvalue weighted by Crippen LogP contribution is 2.30. The second-order valence-electron chi connectivity index (χ2n) is 2.73. The molecule has 1 saturated carbocycles. The van der Waals surface area contributed by atoms with E-state index in [2.05, 4.69) is 0 Å². The monoisotopic (exact) mass is 128 g/mol. The Bertz CT molecular complexity index is 105. The number of carboxylic acid groups (broad SMARTS) is 1. The number of hydrogen-bond acceptors (Lipinski definition) is 1. The lowest BCUT2D eigenvalue weighted by atomic mass is 9.82. The van der Waals surface area contributed by atoms with Gasteiger partial charge in [-0.25, -0.2) is 0 Å². The normalized spacial score (nSPS) is 19.1. The lowest BCUT2D eigenvalue weighted by molar-refractivity contribution is -0.137. The van der Waals surface area contributed by atoms with E-state index in [9.17, 15) is 4.79 Å². The molecule has 1 rings (SSSR count). The smallest absolute Gasteiger partial charge is 0.303 e. The molecule has 0 amide bonds. The minimum absolute atomic E-state index is 0.366. The molecule has 9 heavy (non-hydrogen) atoms. The van der Waals surface area contributed by atoms with Crippen LogP contribution >= 0.6 is 0 Å². The maximum Gasteiger partial charge on any atom is 0.303 e. The first kappa shape index (κ1) is 6.59. The molecular weight excluding hydrogens is 116 g/mol. The van der Waals surface area contributed by atoms with Gasteiger partial charge < -0.3 is 5.11 Å². The molecule has 0 spiro atoms. The van der Waals surface area contributed by atoms with Crippen molar-refractivity contribution in [2.45, 2.75) is 32.1 Å².